The first-order chi connectivity index (χ1) is 7.58. The average Bonchev–Trinajstić information content (AvgIpc) is 2.61. The number of furan rings is 1. The molecule has 0 radical (unpaired) electrons. The van der Waals surface area contributed by atoms with Crippen molar-refractivity contribution in [2.45, 2.75) is 20.0 Å². The number of carbonyl (C=O) groups is 1. The monoisotopic (exact) mass is 222 g/mol. The van der Waals surface area contributed by atoms with Gasteiger partial charge < -0.3 is 9.15 Å². The van der Waals surface area contributed by atoms with Crippen LogP contribution in [0.1, 0.15) is 24.4 Å². The zero-order valence-electron chi connectivity index (χ0n) is 8.99. The van der Waals surface area contributed by atoms with Gasteiger partial charge in [-0.05, 0) is 26.0 Å². The first-order valence-corrected chi connectivity index (χ1v) is 4.97. The van der Waals surface area contributed by atoms with Crippen molar-refractivity contribution in [3.8, 4) is 0 Å². The van der Waals surface area contributed by atoms with Gasteiger partial charge in [-0.15, -0.1) is 0 Å². The quantitative estimate of drug-likeness (QED) is 0.733. The molecule has 0 N–H and O–H groups in total. The minimum absolute atomic E-state index is 0.0220. The molecule has 0 fully saturated rings. The van der Waals surface area contributed by atoms with Crippen molar-refractivity contribution in [3.05, 3.63) is 35.8 Å². The Morgan fingerprint density at radius 1 is 1.44 bits per heavy atom. The van der Waals surface area contributed by atoms with E-state index in [1.54, 1.807) is 19.9 Å². The van der Waals surface area contributed by atoms with Crippen molar-refractivity contribution in [1.29, 1.82) is 0 Å². The van der Waals surface area contributed by atoms with Crippen LogP contribution in [0.2, 0.25) is 0 Å². The molecule has 3 nitrogen and oxygen atoms in total. The summed E-state index contributed by atoms with van der Waals surface area (Å²) in [6, 6.07) is 5.80. The molecule has 0 atom stereocenters. The molecule has 0 saturated heterocycles. The second kappa shape index (κ2) is 3.96. The lowest BCUT2D eigenvalue weighted by Crippen LogP contribution is -2.10. The van der Waals surface area contributed by atoms with Crippen molar-refractivity contribution in [1.82, 2.24) is 0 Å². The van der Waals surface area contributed by atoms with Gasteiger partial charge in [-0.1, -0.05) is 6.07 Å². The fraction of sp³-hybridized carbons (Fsp3) is 0.250. The average molecular weight is 222 g/mol. The zero-order chi connectivity index (χ0) is 11.7. The second-order valence-corrected chi connectivity index (χ2v) is 3.72. The van der Waals surface area contributed by atoms with Crippen LogP contribution in [0.4, 0.5) is 4.39 Å². The van der Waals surface area contributed by atoms with Crippen LogP contribution in [0, 0.1) is 5.82 Å². The molecule has 0 unspecified atom stereocenters. The summed E-state index contributed by atoms with van der Waals surface area (Å²) in [6.07, 6.45) is -0.231. The van der Waals surface area contributed by atoms with Crippen LogP contribution in [0.5, 0.6) is 0 Å². The number of fused-ring (bicyclic) bond motifs is 1. The van der Waals surface area contributed by atoms with Gasteiger partial charge >= 0.3 is 5.97 Å². The normalized spacial score (nSPS) is 11.0. The molecular weight excluding hydrogens is 211 g/mol. The van der Waals surface area contributed by atoms with Crippen molar-refractivity contribution in [2.24, 2.45) is 0 Å². The van der Waals surface area contributed by atoms with Crippen LogP contribution in [-0.4, -0.2) is 12.1 Å². The predicted molar refractivity (Wildman–Crippen MR) is 56.7 cm³/mol. The number of ether oxygens (including phenoxy) is 1. The minimum Gasteiger partial charge on any atom is -0.457 e. The molecule has 1 aromatic carbocycles. The maximum atomic E-state index is 13.3. The molecule has 0 bridgehead atoms. The highest BCUT2D eigenvalue weighted by molar-refractivity contribution is 5.92. The number of carbonyl (C=O) groups excluding carboxylic acids is 1. The zero-order valence-corrected chi connectivity index (χ0v) is 8.99. The molecule has 0 aliphatic rings. The van der Waals surface area contributed by atoms with Crippen molar-refractivity contribution < 1.29 is 18.3 Å². The van der Waals surface area contributed by atoms with E-state index in [1.807, 2.05) is 0 Å². The van der Waals surface area contributed by atoms with Gasteiger partial charge in [0.2, 0.25) is 5.76 Å². The fourth-order valence-corrected chi connectivity index (χ4v) is 1.40. The molecular formula is C12H11FO3. The van der Waals surface area contributed by atoms with E-state index in [-0.39, 0.29) is 11.9 Å². The summed E-state index contributed by atoms with van der Waals surface area (Å²) in [7, 11) is 0. The Morgan fingerprint density at radius 2 is 2.19 bits per heavy atom. The fourth-order valence-electron chi connectivity index (χ4n) is 1.40. The first kappa shape index (κ1) is 10.7. The molecule has 0 spiro atoms. The summed E-state index contributed by atoms with van der Waals surface area (Å²) < 4.78 is 23.5. The third-order valence-electron chi connectivity index (χ3n) is 2.05. The van der Waals surface area contributed by atoms with E-state index >= 15 is 0 Å². The maximum Gasteiger partial charge on any atom is 0.374 e. The van der Waals surface area contributed by atoms with Crippen molar-refractivity contribution >= 4 is 16.9 Å². The lowest BCUT2D eigenvalue weighted by atomic mass is 10.2. The summed E-state index contributed by atoms with van der Waals surface area (Å²) in [4.78, 5) is 11.5. The molecule has 1 heterocycles. The smallest absolute Gasteiger partial charge is 0.374 e. The minimum atomic E-state index is -0.578. The van der Waals surface area contributed by atoms with Gasteiger partial charge in [0, 0.05) is 6.07 Å². The van der Waals surface area contributed by atoms with Crippen molar-refractivity contribution in [3.63, 3.8) is 0 Å². The highest BCUT2D eigenvalue weighted by Gasteiger charge is 2.16. The molecule has 84 valence electrons. The van der Waals surface area contributed by atoms with Crippen LogP contribution >= 0.6 is 0 Å². The molecule has 1 aromatic heterocycles. The summed E-state index contributed by atoms with van der Waals surface area (Å²) in [5.41, 5.74) is 0.343. The highest BCUT2D eigenvalue weighted by atomic mass is 19.1. The Morgan fingerprint density at radius 3 is 2.81 bits per heavy atom. The van der Waals surface area contributed by atoms with E-state index < -0.39 is 11.8 Å². The Bertz CT molecular complexity index is 528. The molecule has 0 aliphatic heterocycles. The third kappa shape index (κ3) is 1.91. The van der Waals surface area contributed by atoms with E-state index in [9.17, 15) is 9.18 Å². The molecule has 0 aliphatic carbocycles. The molecule has 2 rings (SSSR count). The number of rotatable bonds is 2. The van der Waals surface area contributed by atoms with Gasteiger partial charge in [-0.2, -0.15) is 0 Å². The lowest BCUT2D eigenvalue weighted by molar-refractivity contribution is 0.0344. The van der Waals surface area contributed by atoms with Gasteiger partial charge in [0.05, 0.1) is 11.5 Å². The second-order valence-electron chi connectivity index (χ2n) is 3.72. The Kier molecular flexibility index (Phi) is 2.64. The van der Waals surface area contributed by atoms with Gasteiger partial charge in [-0.25, -0.2) is 9.18 Å². The van der Waals surface area contributed by atoms with Gasteiger partial charge in [0.25, 0.3) is 0 Å². The summed E-state index contributed by atoms with van der Waals surface area (Å²) in [6.45, 7) is 3.47. The molecule has 0 saturated carbocycles. The Balaban J connectivity index is 2.40. The van der Waals surface area contributed by atoms with Crippen LogP contribution in [-0.2, 0) is 4.74 Å². The van der Waals surface area contributed by atoms with Gasteiger partial charge in [0.1, 0.15) is 11.4 Å². The Labute approximate surface area is 91.8 Å². The topological polar surface area (TPSA) is 39.4 Å². The highest BCUT2D eigenvalue weighted by Crippen LogP contribution is 2.22. The SMILES string of the molecule is CC(C)OC(=O)c1cc2c(F)cccc2o1. The van der Waals surface area contributed by atoms with Gasteiger partial charge in [0.15, 0.2) is 0 Å². The van der Waals surface area contributed by atoms with E-state index in [1.165, 1.54) is 18.2 Å². The van der Waals surface area contributed by atoms with E-state index in [2.05, 4.69) is 0 Å². The summed E-state index contributed by atoms with van der Waals surface area (Å²) in [5.74, 6) is -0.968. The number of hydrogen-bond acceptors (Lipinski definition) is 3. The van der Waals surface area contributed by atoms with Crippen LogP contribution in [0.3, 0.4) is 0 Å². The molecule has 4 heteroatoms. The largest absolute Gasteiger partial charge is 0.457 e. The number of benzene rings is 1. The molecule has 0 amide bonds. The lowest BCUT2D eigenvalue weighted by Gasteiger charge is -2.04. The van der Waals surface area contributed by atoms with Crippen LogP contribution < -0.4 is 0 Å². The first-order valence-electron chi connectivity index (χ1n) is 4.97. The van der Waals surface area contributed by atoms with E-state index in [4.69, 9.17) is 9.15 Å². The number of halogens is 1. The number of hydrogen-bond donors (Lipinski definition) is 0. The van der Waals surface area contributed by atoms with Gasteiger partial charge in [-0.3, -0.25) is 0 Å². The standard InChI is InChI=1S/C12H11FO3/c1-7(2)15-12(14)11-6-8-9(13)4-3-5-10(8)16-11/h3-7H,1-2H3. The Hall–Kier alpha value is -1.84. The third-order valence-corrected chi connectivity index (χ3v) is 2.05. The van der Waals surface area contributed by atoms with E-state index in [0.29, 0.717) is 11.0 Å². The van der Waals surface area contributed by atoms with Crippen LogP contribution in [0.25, 0.3) is 11.0 Å². The predicted octanol–water partition coefficient (Wildman–Crippen LogP) is 3.14. The molecule has 16 heavy (non-hydrogen) atoms. The summed E-state index contributed by atoms with van der Waals surface area (Å²) in [5, 5.41) is 0.290. The maximum absolute atomic E-state index is 13.3. The van der Waals surface area contributed by atoms with Crippen LogP contribution in [0.15, 0.2) is 28.7 Å². The van der Waals surface area contributed by atoms with Crippen molar-refractivity contribution in [2.75, 3.05) is 0 Å². The molecule has 2 aromatic rings. The number of esters is 1. The van der Waals surface area contributed by atoms with E-state index in [0.717, 1.165) is 0 Å². The summed E-state index contributed by atoms with van der Waals surface area (Å²) >= 11 is 0.